The van der Waals surface area contributed by atoms with E-state index in [1.54, 1.807) is 0 Å². The minimum absolute atomic E-state index is 0.0846. The highest BCUT2D eigenvalue weighted by molar-refractivity contribution is 7.80. The van der Waals surface area contributed by atoms with Gasteiger partial charge in [-0.15, -0.1) is 0 Å². The molecule has 0 spiro atoms. The average Bonchev–Trinajstić information content (AvgIpc) is 2.55. The van der Waals surface area contributed by atoms with E-state index < -0.39 is 0 Å². The fraction of sp³-hybridized carbons (Fsp3) is 0.316. The van der Waals surface area contributed by atoms with Crippen molar-refractivity contribution < 1.29 is 9.47 Å². The molecule has 2 N–H and O–H groups in total. The maximum absolute atomic E-state index is 5.76. The summed E-state index contributed by atoms with van der Waals surface area (Å²) in [5.74, 6) is 1.68. The van der Waals surface area contributed by atoms with Crippen LogP contribution in [-0.4, -0.2) is 24.4 Å². The molecule has 0 aliphatic heterocycles. The largest absolute Gasteiger partial charge is 0.494 e. The molecule has 2 aromatic rings. The van der Waals surface area contributed by atoms with Crippen LogP contribution in [0.3, 0.4) is 0 Å². The number of rotatable bonds is 7. The van der Waals surface area contributed by atoms with Gasteiger partial charge < -0.3 is 20.1 Å². The lowest BCUT2D eigenvalue weighted by molar-refractivity contribution is 0.287. The van der Waals surface area contributed by atoms with Gasteiger partial charge >= 0.3 is 0 Å². The van der Waals surface area contributed by atoms with Gasteiger partial charge in [0.15, 0.2) is 5.11 Å². The third-order valence-corrected chi connectivity index (χ3v) is 3.52. The van der Waals surface area contributed by atoms with Crippen molar-refractivity contribution in [3.05, 3.63) is 54.1 Å². The predicted molar refractivity (Wildman–Crippen MR) is 103 cm³/mol. The molecule has 0 amide bonds. The van der Waals surface area contributed by atoms with Crippen molar-refractivity contribution in [2.75, 3.05) is 18.5 Å². The van der Waals surface area contributed by atoms with Gasteiger partial charge in [0.25, 0.3) is 0 Å². The molecule has 0 aliphatic carbocycles. The fourth-order valence-corrected chi connectivity index (χ4v) is 2.44. The first-order chi connectivity index (χ1) is 11.6. The first kappa shape index (κ1) is 18.1. The van der Waals surface area contributed by atoms with Gasteiger partial charge in [-0.25, -0.2) is 0 Å². The van der Waals surface area contributed by atoms with Gasteiger partial charge in [0.1, 0.15) is 18.1 Å². The zero-order valence-corrected chi connectivity index (χ0v) is 15.2. The van der Waals surface area contributed by atoms with Gasteiger partial charge in [-0.05, 0) is 57.3 Å². The zero-order valence-electron chi connectivity index (χ0n) is 14.3. The van der Waals surface area contributed by atoms with Gasteiger partial charge in [-0.3, -0.25) is 0 Å². The standard InChI is InChI=1S/C19H24N2O2S/c1-4-22-18-7-5-6-16(12-18)21-19(24)20-15(3)13-23-17-10-8-14(2)9-11-17/h5-12,15H,4,13H2,1-3H3,(H2,20,21,24). The number of ether oxygens (including phenoxy) is 2. The van der Waals surface area contributed by atoms with Crippen molar-refractivity contribution in [2.45, 2.75) is 26.8 Å². The van der Waals surface area contributed by atoms with Gasteiger partial charge in [0.2, 0.25) is 0 Å². The highest BCUT2D eigenvalue weighted by atomic mass is 32.1. The lowest BCUT2D eigenvalue weighted by Gasteiger charge is -2.18. The maximum atomic E-state index is 5.76. The molecule has 2 aromatic carbocycles. The SMILES string of the molecule is CCOc1cccc(NC(=S)NC(C)COc2ccc(C)cc2)c1. The van der Waals surface area contributed by atoms with Crippen LogP contribution in [0.4, 0.5) is 5.69 Å². The number of hydrogen-bond acceptors (Lipinski definition) is 3. The maximum Gasteiger partial charge on any atom is 0.171 e. The molecule has 0 bridgehead atoms. The monoisotopic (exact) mass is 344 g/mol. The van der Waals surface area contributed by atoms with Gasteiger partial charge in [0.05, 0.1) is 12.6 Å². The topological polar surface area (TPSA) is 42.5 Å². The average molecular weight is 344 g/mol. The van der Waals surface area contributed by atoms with E-state index in [0.717, 1.165) is 17.2 Å². The minimum atomic E-state index is 0.0846. The number of benzene rings is 2. The highest BCUT2D eigenvalue weighted by Gasteiger charge is 2.06. The molecule has 128 valence electrons. The van der Waals surface area contributed by atoms with Crippen LogP contribution in [-0.2, 0) is 0 Å². The lowest BCUT2D eigenvalue weighted by Crippen LogP contribution is -2.39. The van der Waals surface area contributed by atoms with E-state index in [9.17, 15) is 0 Å². The highest BCUT2D eigenvalue weighted by Crippen LogP contribution is 2.17. The van der Waals surface area contributed by atoms with E-state index in [-0.39, 0.29) is 6.04 Å². The van der Waals surface area contributed by atoms with E-state index >= 15 is 0 Å². The molecule has 1 atom stereocenters. The van der Waals surface area contributed by atoms with Crippen molar-refractivity contribution >= 4 is 23.0 Å². The fourth-order valence-electron chi connectivity index (χ4n) is 2.12. The van der Waals surface area contributed by atoms with Crippen LogP contribution in [0.15, 0.2) is 48.5 Å². The van der Waals surface area contributed by atoms with Crippen molar-refractivity contribution in [1.82, 2.24) is 5.32 Å². The third-order valence-electron chi connectivity index (χ3n) is 3.30. The Bertz CT molecular complexity index is 659. The van der Waals surface area contributed by atoms with Crippen molar-refractivity contribution in [1.29, 1.82) is 0 Å². The number of anilines is 1. The van der Waals surface area contributed by atoms with E-state index in [2.05, 4.69) is 17.6 Å². The van der Waals surface area contributed by atoms with E-state index in [0.29, 0.717) is 18.3 Å². The molecule has 0 saturated heterocycles. The van der Waals surface area contributed by atoms with Crippen molar-refractivity contribution in [3.8, 4) is 11.5 Å². The summed E-state index contributed by atoms with van der Waals surface area (Å²) < 4.78 is 11.2. The van der Waals surface area contributed by atoms with E-state index in [1.807, 2.05) is 62.4 Å². The van der Waals surface area contributed by atoms with Gasteiger partial charge in [-0.1, -0.05) is 23.8 Å². The molecule has 2 rings (SSSR count). The Morgan fingerprint density at radius 1 is 1.08 bits per heavy atom. The summed E-state index contributed by atoms with van der Waals surface area (Å²) in [6.07, 6.45) is 0. The lowest BCUT2D eigenvalue weighted by atomic mass is 10.2. The number of thiocarbonyl (C=S) groups is 1. The first-order valence-corrected chi connectivity index (χ1v) is 8.47. The molecule has 0 radical (unpaired) electrons. The molecule has 0 heterocycles. The summed E-state index contributed by atoms with van der Waals surface area (Å²) >= 11 is 5.35. The Hall–Kier alpha value is -2.27. The summed E-state index contributed by atoms with van der Waals surface area (Å²) in [5.41, 5.74) is 2.11. The van der Waals surface area contributed by atoms with Crippen LogP contribution in [0, 0.1) is 6.92 Å². The van der Waals surface area contributed by atoms with Crippen LogP contribution in [0.25, 0.3) is 0 Å². The molecule has 4 nitrogen and oxygen atoms in total. The van der Waals surface area contributed by atoms with Crippen molar-refractivity contribution in [3.63, 3.8) is 0 Å². The Kier molecular flexibility index (Phi) is 6.88. The molecular weight excluding hydrogens is 320 g/mol. The van der Waals surface area contributed by atoms with Crippen LogP contribution < -0.4 is 20.1 Å². The van der Waals surface area contributed by atoms with Crippen LogP contribution in [0.2, 0.25) is 0 Å². The summed E-state index contributed by atoms with van der Waals surface area (Å²) in [5, 5.41) is 6.94. The predicted octanol–water partition coefficient (Wildman–Crippen LogP) is 4.15. The quantitative estimate of drug-likeness (QED) is 0.739. The summed E-state index contributed by atoms with van der Waals surface area (Å²) in [7, 11) is 0. The second-order valence-electron chi connectivity index (χ2n) is 5.58. The molecule has 0 fully saturated rings. The molecule has 0 aromatic heterocycles. The van der Waals surface area contributed by atoms with Gasteiger partial charge in [0, 0.05) is 11.8 Å². The molecule has 0 aliphatic rings. The third kappa shape index (κ3) is 6.08. The number of aryl methyl sites for hydroxylation is 1. The minimum Gasteiger partial charge on any atom is -0.494 e. The molecule has 0 saturated carbocycles. The van der Waals surface area contributed by atoms with Crippen LogP contribution >= 0.6 is 12.2 Å². The first-order valence-electron chi connectivity index (χ1n) is 8.06. The smallest absolute Gasteiger partial charge is 0.171 e. The van der Waals surface area contributed by atoms with Gasteiger partial charge in [-0.2, -0.15) is 0 Å². The van der Waals surface area contributed by atoms with E-state index in [1.165, 1.54) is 5.56 Å². The van der Waals surface area contributed by atoms with E-state index in [4.69, 9.17) is 21.7 Å². The second kappa shape index (κ2) is 9.13. The molecular formula is C19H24N2O2S. The van der Waals surface area contributed by atoms with Crippen molar-refractivity contribution in [2.24, 2.45) is 0 Å². The van der Waals surface area contributed by atoms with Crippen LogP contribution in [0.1, 0.15) is 19.4 Å². The Morgan fingerprint density at radius 3 is 2.54 bits per heavy atom. The molecule has 1 unspecified atom stereocenters. The Morgan fingerprint density at radius 2 is 1.83 bits per heavy atom. The number of nitrogens with one attached hydrogen (secondary N) is 2. The summed E-state index contributed by atoms with van der Waals surface area (Å²) in [6.45, 7) is 7.21. The normalized spacial score (nSPS) is 11.5. The Labute approximate surface area is 149 Å². The summed E-state index contributed by atoms with van der Waals surface area (Å²) in [6, 6.07) is 15.8. The summed E-state index contributed by atoms with van der Waals surface area (Å²) in [4.78, 5) is 0. The second-order valence-corrected chi connectivity index (χ2v) is 5.99. The van der Waals surface area contributed by atoms with Crippen LogP contribution in [0.5, 0.6) is 11.5 Å². The molecule has 24 heavy (non-hydrogen) atoms. The Balaban J connectivity index is 1.78. The molecule has 5 heteroatoms. The number of hydrogen-bond donors (Lipinski definition) is 2. The zero-order chi connectivity index (χ0) is 17.4.